The zero-order valence-electron chi connectivity index (χ0n) is 12.8. The first kappa shape index (κ1) is 17.4. The van der Waals surface area contributed by atoms with Crippen molar-refractivity contribution in [2.45, 2.75) is 31.7 Å². The summed E-state index contributed by atoms with van der Waals surface area (Å²) in [6.45, 7) is 1.82. The van der Waals surface area contributed by atoms with E-state index in [4.69, 9.17) is 0 Å². The number of aromatic amines is 1. The fourth-order valence-corrected chi connectivity index (χ4v) is 2.75. The van der Waals surface area contributed by atoms with Crippen molar-refractivity contribution in [3.05, 3.63) is 40.4 Å². The number of rotatable bonds is 5. The Hall–Kier alpha value is -1.92. The summed E-state index contributed by atoms with van der Waals surface area (Å²) in [5, 5.41) is 6.83. The maximum Gasteiger partial charge on any atom is 0.258 e. The number of amides is 1. The SMILES string of the molecule is Cl.O=C(CCCc1nc2ccccc2c(=O)[nH]1)NC1CCNC1. The van der Waals surface area contributed by atoms with Gasteiger partial charge >= 0.3 is 0 Å². The highest BCUT2D eigenvalue weighted by molar-refractivity contribution is 5.85. The van der Waals surface area contributed by atoms with Gasteiger partial charge in [0.25, 0.3) is 5.56 Å². The molecule has 0 aliphatic carbocycles. The number of aryl methyl sites for hydroxylation is 1. The van der Waals surface area contributed by atoms with Crippen LogP contribution in [0.4, 0.5) is 0 Å². The van der Waals surface area contributed by atoms with E-state index in [-0.39, 0.29) is 29.9 Å². The van der Waals surface area contributed by atoms with Crippen molar-refractivity contribution >= 4 is 29.2 Å². The molecule has 0 spiro atoms. The van der Waals surface area contributed by atoms with Crippen molar-refractivity contribution in [1.82, 2.24) is 20.6 Å². The van der Waals surface area contributed by atoms with E-state index in [0.717, 1.165) is 19.5 Å². The number of hydrogen-bond acceptors (Lipinski definition) is 4. The van der Waals surface area contributed by atoms with Gasteiger partial charge in [0.2, 0.25) is 5.91 Å². The summed E-state index contributed by atoms with van der Waals surface area (Å²) in [7, 11) is 0. The summed E-state index contributed by atoms with van der Waals surface area (Å²) in [6, 6.07) is 7.52. The van der Waals surface area contributed by atoms with E-state index in [1.807, 2.05) is 18.2 Å². The number of nitrogens with one attached hydrogen (secondary N) is 3. The maximum absolute atomic E-state index is 11.9. The normalized spacial score (nSPS) is 17.0. The first-order valence-corrected chi connectivity index (χ1v) is 7.70. The first-order chi connectivity index (χ1) is 10.7. The van der Waals surface area contributed by atoms with E-state index < -0.39 is 0 Å². The third-order valence-corrected chi connectivity index (χ3v) is 3.90. The van der Waals surface area contributed by atoms with Crippen molar-refractivity contribution in [2.75, 3.05) is 13.1 Å². The van der Waals surface area contributed by atoms with Crippen molar-refractivity contribution in [3.8, 4) is 0 Å². The highest BCUT2D eigenvalue weighted by Crippen LogP contribution is 2.07. The highest BCUT2D eigenvalue weighted by atomic mass is 35.5. The van der Waals surface area contributed by atoms with Gasteiger partial charge in [-0.2, -0.15) is 0 Å². The molecule has 23 heavy (non-hydrogen) atoms. The number of halogens is 1. The lowest BCUT2D eigenvalue weighted by Crippen LogP contribution is -2.36. The van der Waals surface area contributed by atoms with E-state index in [9.17, 15) is 9.59 Å². The van der Waals surface area contributed by atoms with Crippen LogP contribution in [0.3, 0.4) is 0 Å². The van der Waals surface area contributed by atoms with E-state index in [1.54, 1.807) is 6.07 Å². The smallest absolute Gasteiger partial charge is 0.258 e. The van der Waals surface area contributed by atoms with Gasteiger partial charge in [-0.3, -0.25) is 9.59 Å². The fraction of sp³-hybridized carbons (Fsp3) is 0.438. The van der Waals surface area contributed by atoms with Crippen LogP contribution in [0.1, 0.15) is 25.1 Å². The summed E-state index contributed by atoms with van der Waals surface area (Å²) in [5.41, 5.74) is 0.574. The number of benzene rings is 1. The second kappa shape index (κ2) is 8.08. The van der Waals surface area contributed by atoms with Crippen LogP contribution < -0.4 is 16.2 Å². The zero-order valence-corrected chi connectivity index (χ0v) is 13.6. The molecule has 1 aromatic carbocycles. The molecular weight excluding hydrogens is 316 g/mol. The molecule has 1 aliphatic heterocycles. The molecule has 1 atom stereocenters. The highest BCUT2D eigenvalue weighted by Gasteiger charge is 2.16. The Morgan fingerprint density at radius 3 is 2.96 bits per heavy atom. The monoisotopic (exact) mass is 336 g/mol. The van der Waals surface area contributed by atoms with Crippen molar-refractivity contribution in [1.29, 1.82) is 0 Å². The number of fused-ring (bicyclic) bond motifs is 1. The summed E-state index contributed by atoms with van der Waals surface area (Å²) < 4.78 is 0. The standard InChI is InChI=1S/C16H20N4O2.ClH/c21-15(18-11-8-9-17-10-11)7-3-6-14-19-13-5-2-1-4-12(13)16(22)20-14;/h1-2,4-5,11,17H,3,6-10H2,(H,18,21)(H,19,20,22);1H. The molecule has 1 unspecified atom stereocenters. The van der Waals surface area contributed by atoms with E-state index in [0.29, 0.717) is 36.0 Å². The van der Waals surface area contributed by atoms with E-state index in [1.165, 1.54) is 0 Å². The minimum absolute atomic E-state index is 0. The Kier molecular flexibility index (Phi) is 6.12. The van der Waals surface area contributed by atoms with Gasteiger partial charge in [0.05, 0.1) is 10.9 Å². The van der Waals surface area contributed by atoms with Gasteiger partial charge in [0, 0.05) is 25.4 Å². The van der Waals surface area contributed by atoms with Gasteiger partial charge < -0.3 is 15.6 Å². The molecule has 2 heterocycles. The Bertz CT molecular complexity index is 725. The van der Waals surface area contributed by atoms with Gasteiger partial charge in [-0.25, -0.2) is 4.98 Å². The van der Waals surface area contributed by atoms with Gasteiger partial charge in [-0.15, -0.1) is 12.4 Å². The molecule has 1 fully saturated rings. The predicted octanol–water partition coefficient (Wildman–Crippen LogP) is 1.15. The molecule has 1 amide bonds. The molecular formula is C16H21ClN4O2. The quantitative estimate of drug-likeness (QED) is 0.764. The van der Waals surface area contributed by atoms with Crippen molar-refractivity contribution in [2.24, 2.45) is 0 Å². The van der Waals surface area contributed by atoms with E-state index >= 15 is 0 Å². The summed E-state index contributed by atoms with van der Waals surface area (Å²) in [5.74, 6) is 0.705. The number of hydrogen-bond donors (Lipinski definition) is 3. The Balaban J connectivity index is 0.00000192. The summed E-state index contributed by atoms with van der Waals surface area (Å²) >= 11 is 0. The average molecular weight is 337 g/mol. The topological polar surface area (TPSA) is 86.9 Å². The summed E-state index contributed by atoms with van der Waals surface area (Å²) in [4.78, 5) is 31.0. The van der Waals surface area contributed by atoms with Crippen LogP contribution in [-0.2, 0) is 11.2 Å². The molecule has 2 aromatic rings. The van der Waals surface area contributed by atoms with Gasteiger partial charge in [-0.1, -0.05) is 12.1 Å². The third-order valence-electron chi connectivity index (χ3n) is 3.90. The second-order valence-corrected chi connectivity index (χ2v) is 5.64. The maximum atomic E-state index is 11.9. The third kappa shape index (κ3) is 4.53. The Morgan fingerprint density at radius 1 is 1.35 bits per heavy atom. The number of nitrogens with zero attached hydrogens (tertiary/aromatic N) is 1. The number of aromatic nitrogens is 2. The van der Waals surface area contributed by atoms with Crippen LogP contribution >= 0.6 is 12.4 Å². The number of carbonyl (C=O) groups is 1. The van der Waals surface area contributed by atoms with Gasteiger partial charge in [-0.05, 0) is 31.5 Å². The number of carbonyl (C=O) groups excluding carboxylic acids is 1. The molecule has 1 aromatic heterocycles. The molecule has 0 saturated carbocycles. The number of para-hydroxylation sites is 1. The molecule has 1 saturated heterocycles. The lowest BCUT2D eigenvalue weighted by Gasteiger charge is -2.10. The lowest BCUT2D eigenvalue weighted by atomic mass is 10.2. The molecule has 0 bridgehead atoms. The molecule has 6 nitrogen and oxygen atoms in total. The minimum Gasteiger partial charge on any atom is -0.352 e. The van der Waals surface area contributed by atoms with Crippen LogP contribution in [0.15, 0.2) is 29.1 Å². The zero-order chi connectivity index (χ0) is 15.4. The van der Waals surface area contributed by atoms with E-state index in [2.05, 4.69) is 20.6 Å². The average Bonchev–Trinajstić information content (AvgIpc) is 3.00. The molecule has 3 N–H and O–H groups in total. The van der Waals surface area contributed by atoms with Crippen LogP contribution in [-0.4, -0.2) is 35.0 Å². The number of H-pyrrole nitrogens is 1. The molecule has 3 rings (SSSR count). The molecule has 1 aliphatic rings. The lowest BCUT2D eigenvalue weighted by molar-refractivity contribution is -0.121. The fourth-order valence-electron chi connectivity index (χ4n) is 2.75. The van der Waals surface area contributed by atoms with Gasteiger partial charge in [0.1, 0.15) is 5.82 Å². The summed E-state index contributed by atoms with van der Waals surface area (Å²) in [6.07, 6.45) is 2.71. The largest absolute Gasteiger partial charge is 0.352 e. The van der Waals surface area contributed by atoms with Crippen LogP contribution in [0.2, 0.25) is 0 Å². The van der Waals surface area contributed by atoms with Crippen LogP contribution in [0, 0.1) is 0 Å². The minimum atomic E-state index is -0.123. The van der Waals surface area contributed by atoms with Crippen molar-refractivity contribution in [3.63, 3.8) is 0 Å². The molecule has 7 heteroatoms. The molecule has 0 radical (unpaired) electrons. The van der Waals surface area contributed by atoms with Gasteiger partial charge in [0.15, 0.2) is 0 Å². The second-order valence-electron chi connectivity index (χ2n) is 5.64. The Labute approximate surface area is 140 Å². The van der Waals surface area contributed by atoms with Crippen LogP contribution in [0.5, 0.6) is 0 Å². The van der Waals surface area contributed by atoms with Crippen molar-refractivity contribution < 1.29 is 4.79 Å². The Morgan fingerprint density at radius 2 is 2.17 bits per heavy atom. The first-order valence-electron chi connectivity index (χ1n) is 7.70. The predicted molar refractivity (Wildman–Crippen MR) is 92.0 cm³/mol. The van der Waals surface area contributed by atoms with Crippen LogP contribution in [0.25, 0.3) is 10.9 Å². The molecule has 124 valence electrons.